The van der Waals surface area contributed by atoms with Crippen LogP contribution in [-0.4, -0.2) is 29.2 Å². The Morgan fingerprint density at radius 2 is 1.76 bits per heavy atom. The average Bonchev–Trinajstić information content (AvgIpc) is 3.25. The molecule has 3 aromatic carbocycles. The molecule has 0 fully saturated rings. The first kappa shape index (κ1) is 23.4. The molecule has 6 nitrogen and oxygen atoms in total. The molecular weight excluding hydrogens is 426 g/mol. The van der Waals surface area contributed by atoms with Crippen molar-refractivity contribution in [3.63, 3.8) is 0 Å². The van der Waals surface area contributed by atoms with E-state index in [0.29, 0.717) is 17.9 Å². The molecule has 34 heavy (non-hydrogen) atoms. The van der Waals surface area contributed by atoms with Gasteiger partial charge in [-0.05, 0) is 61.7 Å². The van der Waals surface area contributed by atoms with Crippen molar-refractivity contribution in [1.82, 2.24) is 14.9 Å². The van der Waals surface area contributed by atoms with E-state index in [-0.39, 0.29) is 11.9 Å². The van der Waals surface area contributed by atoms with Gasteiger partial charge in [-0.3, -0.25) is 4.79 Å². The van der Waals surface area contributed by atoms with E-state index in [2.05, 4.69) is 35.0 Å². The summed E-state index contributed by atoms with van der Waals surface area (Å²) in [5.41, 5.74) is 3.75. The van der Waals surface area contributed by atoms with Gasteiger partial charge in [-0.15, -0.1) is 0 Å². The number of hydrogen-bond donors (Lipinski definition) is 1. The number of amides is 1. The third-order valence-electron chi connectivity index (χ3n) is 5.90. The second-order valence-corrected chi connectivity index (χ2v) is 8.21. The fraction of sp³-hybridized carbons (Fsp3) is 0.286. The molecule has 0 saturated carbocycles. The number of nitrogens with one attached hydrogen (secondary N) is 1. The normalized spacial score (nSPS) is 11.9. The third kappa shape index (κ3) is 5.22. The van der Waals surface area contributed by atoms with Crippen molar-refractivity contribution in [2.45, 2.75) is 39.3 Å². The van der Waals surface area contributed by atoms with Crippen LogP contribution in [0.4, 0.5) is 0 Å². The lowest BCUT2D eigenvalue weighted by atomic mass is 10.1. The molecule has 1 heterocycles. The molecule has 1 amide bonds. The molecule has 0 aliphatic carbocycles. The number of benzene rings is 3. The van der Waals surface area contributed by atoms with Crippen LogP contribution in [0.3, 0.4) is 0 Å². The van der Waals surface area contributed by atoms with Crippen LogP contribution in [0.1, 0.15) is 48.1 Å². The highest BCUT2D eigenvalue weighted by molar-refractivity contribution is 5.97. The summed E-state index contributed by atoms with van der Waals surface area (Å²) in [7, 11) is 1.56. The van der Waals surface area contributed by atoms with Gasteiger partial charge in [0, 0.05) is 6.54 Å². The van der Waals surface area contributed by atoms with E-state index >= 15 is 0 Å². The number of ether oxygens (including phenoxy) is 2. The lowest BCUT2D eigenvalue weighted by Gasteiger charge is -2.17. The van der Waals surface area contributed by atoms with Crippen molar-refractivity contribution in [2.75, 3.05) is 13.7 Å². The lowest BCUT2D eigenvalue weighted by molar-refractivity contribution is 0.0934. The molecule has 6 heteroatoms. The summed E-state index contributed by atoms with van der Waals surface area (Å²) < 4.78 is 13.5. The third-order valence-corrected chi connectivity index (χ3v) is 5.90. The van der Waals surface area contributed by atoms with Gasteiger partial charge in [0.2, 0.25) is 0 Å². The van der Waals surface area contributed by atoms with Gasteiger partial charge in [-0.25, -0.2) is 4.98 Å². The highest BCUT2D eigenvalue weighted by Crippen LogP contribution is 2.23. The van der Waals surface area contributed by atoms with Crippen molar-refractivity contribution in [3.05, 3.63) is 89.7 Å². The maximum atomic E-state index is 12.9. The van der Waals surface area contributed by atoms with Crippen LogP contribution in [0.5, 0.6) is 11.5 Å². The van der Waals surface area contributed by atoms with Crippen molar-refractivity contribution in [2.24, 2.45) is 0 Å². The van der Waals surface area contributed by atoms with Crippen LogP contribution in [-0.2, 0) is 13.0 Å². The molecule has 1 N–H and O–H groups in total. The number of rotatable bonds is 10. The second kappa shape index (κ2) is 10.9. The minimum absolute atomic E-state index is 0.192. The monoisotopic (exact) mass is 457 g/mol. The molecule has 0 aliphatic heterocycles. The Morgan fingerprint density at radius 1 is 1.03 bits per heavy atom. The zero-order valence-electron chi connectivity index (χ0n) is 20.0. The lowest BCUT2D eigenvalue weighted by Crippen LogP contribution is -2.29. The standard InChI is InChI=1S/C28H31N3O3/c1-4-21-14-16-22(17-15-21)34-19-9-18-31-25-12-7-6-11-24(25)30-27(31)20(2)29-28(32)23-10-5-8-13-26(23)33-3/h5-8,10-17,20H,4,9,18-19H2,1-3H3,(H,29,32). The van der Waals surface area contributed by atoms with Gasteiger partial charge in [-0.1, -0.05) is 43.3 Å². The number of aryl methyl sites for hydroxylation is 2. The summed E-state index contributed by atoms with van der Waals surface area (Å²) in [5.74, 6) is 2.05. The Balaban J connectivity index is 1.47. The molecular formula is C28H31N3O3. The van der Waals surface area contributed by atoms with E-state index in [1.807, 2.05) is 49.4 Å². The van der Waals surface area contributed by atoms with Crippen LogP contribution in [0.15, 0.2) is 72.8 Å². The zero-order chi connectivity index (χ0) is 23.9. The van der Waals surface area contributed by atoms with Gasteiger partial charge in [0.05, 0.1) is 36.4 Å². The SMILES string of the molecule is CCc1ccc(OCCCn2c(C(C)NC(=O)c3ccccc3OC)nc3ccccc32)cc1. The molecule has 1 unspecified atom stereocenters. The number of fused-ring (bicyclic) bond motifs is 1. The highest BCUT2D eigenvalue weighted by atomic mass is 16.5. The average molecular weight is 458 g/mol. The van der Waals surface area contributed by atoms with E-state index in [0.717, 1.165) is 42.0 Å². The van der Waals surface area contributed by atoms with E-state index in [1.165, 1.54) is 5.56 Å². The minimum atomic E-state index is -0.285. The maximum Gasteiger partial charge on any atom is 0.255 e. The predicted octanol–water partition coefficient (Wildman–Crippen LogP) is 5.57. The van der Waals surface area contributed by atoms with Crippen LogP contribution >= 0.6 is 0 Å². The Labute approximate surface area is 200 Å². The smallest absolute Gasteiger partial charge is 0.255 e. The molecule has 0 bridgehead atoms. The zero-order valence-corrected chi connectivity index (χ0v) is 20.0. The Bertz CT molecular complexity index is 1250. The summed E-state index contributed by atoms with van der Waals surface area (Å²) >= 11 is 0. The van der Waals surface area contributed by atoms with E-state index in [4.69, 9.17) is 14.5 Å². The van der Waals surface area contributed by atoms with Gasteiger partial charge < -0.3 is 19.4 Å². The summed E-state index contributed by atoms with van der Waals surface area (Å²) in [6.45, 7) is 5.43. The Morgan fingerprint density at radius 3 is 2.53 bits per heavy atom. The van der Waals surface area contributed by atoms with Crippen molar-refractivity contribution in [3.8, 4) is 11.5 Å². The van der Waals surface area contributed by atoms with Crippen molar-refractivity contribution >= 4 is 16.9 Å². The van der Waals surface area contributed by atoms with Crippen molar-refractivity contribution < 1.29 is 14.3 Å². The molecule has 4 rings (SSSR count). The fourth-order valence-corrected chi connectivity index (χ4v) is 4.06. The number of para-hydroxylation sites is 3. The van der Waals surface area contributed by atoms with Gasteiger partial charge in [0.25, 0.3) is 5.91 Å². The fourth-order valence-electron chi connectivity index (χ4n) is 4.06. The minimum Gasteiger partial charge on any atom is -0.496 e. The summed E-state index contributed by atoms with van der Waals surface area (Å²) in [5, 5.41) is 3.08. The van der Waals surface area contributed by atoms with Crippen molar-refractivity contribution in [1.29, 1.82) is 0 Å². The quantitative estimate of drug-likeness (QED) is 0.316. The highest BCUT2D eigenvalue weighted by Gasteiger charge is 2.20. The topological polar surface area (TPSA) is 65.4 Å². The first-order valence-electron chi connectivity index (χ1n) is 11.7. The van der Waals surface area contributed by atoms with Gasteiger partial charge in [0.1, 0.15) is 17.3 Å². The molecule has 1 aromatic heterocycles. The molecule has 176 valence electrons. The molecule has 4 aromatic rings. The number of nitrogens with zero attached hydrogens (tertiary/aromatic N) is 2. The maximum absolute atomic E-state index is 12.9. The number of carbonyl (C=O) groups excluding carboxylic acids is 1. The largest absolute Gasteiger partial charge is 0.496 e. The van der Waals surface area contributed by atoms with Gasteiger partial charge in [0.15, 0.2) is 0 Å². The first-order chi connectivity index (χ1) is 16.6. The Hall–Kier alpha value is -3.80. The van der Waals surface area contributed by atoms with Crippen LogP contribution in [0.2, 0.25) is 0 Å². The second-order valence-electron chi connectivity index (χ2n) is 8.21. The Kier molecular flexibility index (Phi) is 7.48. The number of hydrogen-bond acceptors (Lipinski definition) is 4. The molecule has 0 spiro atoms. The van der Waals surface area contributed by atoms with Gasteiger partial charge >= 0.3 is 0 Å². The predicted molar refractivity (Wildman–Crippen MR) is 135 cm³/mol. The van der Waals surface area contributed by atoms with E-state index in [9.17, 15) is 4.79 Å². The molecule has 1 atom stereocenters. The number of imidazole rings is 1. The number of carbonyl (C=O) groups is 1. The van der Waals surface area contributed by atoms with Gasteiger partial charge in [-0.2, -0.15) is 0 Å². The van der Waals surface area contributed by atoms with Crippen LogP contribution in [0.25, 0.3) is 11.0 Å². The summed E-state index contributed by atoms with van der Waals surface area (Å²) in [6.07, 6.45) is 1.83. The van der Waals surface area contributed by atoms with E-state index < -0.39 is 0 Å². The molecule has 0 radical (unpaired) electrons. The summed E-state index contributed by atoms with van der Waals surface area (Å²) in [4.78, 5) is 17.8. The van der Waals surface area contributed by atoms with Crippen LogP contribution in [0, 0.1) is 0 Å². The molecule has 0 aliphatic rings. The van der Waals surface area contributed by atoms with E-state index in [1.54, 1.807) is 19.2 Å². The summed E-state index contributed by atoms with van der Waals surface area (Å²) in [6, 6.07) is 23.2. The molecule has 0 saturated heterocycles. The number of aromatic nitrogens is 2. The first-order valence-corrected chi connectivity index (χ1v) is 11.7. The van der Waals surface area contributed by atoms with Crippen LogP contribution < -0.4 is 14.8 Å². The number of methoxy groups -OCH3 is 1.